The summed E-state index contributed by atoms with van der Waals surface area (Å²) < 4.78 is 1.85. The zero-order valence-corrected chi connectivity index (χ0v) is 17.2. The van der Waals surface area contributed by atoms with Crippen molar-refractivity contribution in [3.8, 4) is 11.3 Å². The predicted molar refractivity (Wildman–Crippen MR) is 112 cm³/mol. The van der Waals surface area contributed by atoms with Crippen molar-refractivity contribution < 1.29 is 14.4 Å². The van der Waals surface area contributed by atoms with Crippen LogP contribution < -0.4 is 5.32 Å². The largest absolute Gasteiger partial charge is 0.322 e. The Balaban J connectivity index is 1.32. The number of nitrogens with one attached hydrogen (secondary N) is 1. The van der Waals surface area contributed by atoms with E-state index in [0.717, 1.165) is 29.7 Å². The lowest BCUT2D eigenvalue weighted by Gasteiger charge is -2.29. The van der Waals surface area contributed by atoms with Gasteiger partial charge in [-0.3, -0.25) is 24.7 Å². The number of pyridine rings is 1. The number of nitrogens with zero attached hydrogens (tertiary/aromatic N) is 5. The molecule has 6 rings (SSSR count). The van der Waals surface area contributed by atoms with Crippen molar-refractivity contribution in [1.29, 1.82) is 0 Å². The van der Waals surface area contributed by atoms with Crippen molar-refractivity contribution in [1.82, 2.24) is 30.2 Å². The van der Waals surface area contributed by atoms with Crippen molar-refractivity contribution in [3.63, 3.8) is 0 Å². The number of hydrogen-bond donors (Lipinski definition) is 1. The number of fused-ring (bicyclic) bond motifs is 2. The molecule has 1 saturated heterocycles. The Morgan fingerprint density at radius 1 is 0.969 bits per heavy atom. The molecule has 0 bridgehead atoms. The third kappa shape index (κ3) is 2.84. The number of rotatable bonds is 3. The van der Waals surface area contributed by atoms with E-state index in [1.54, 1.807) is 17.2 Å². The second kappa shape index (κ2) is 7.08. The van der Waals surface area contributed by atoms with Gasteiger partial charge in [-0.2, -0.15) is 0 Å². The summed E-state index contributed by atoms with van der Waals surface area (Å²) in [5.41, 5.74) is 5.18. The number of amides is 3. The van der Waals surface area contributed by atoms with E-state index in [-0.39, 0.29) is 24.3 Å². The first-order chi connectivity index (χ1) is 15.6. The molecule has 4 heterocycles. The molecule has 2 unspecified atom stereocenters. The third-order valence-electron chi connectivity index (χ3n) is 6.62. The minimum atomic E-state index is -0.641. The summed E-state index contributed by atoms with van der Waals surface area (Å²) in [7, 11) is 0. The fourth-order valence-electron chi connectivity index (χ4n) is 5.03. The lowest BCUT2D eigenvalue weighted by Crippen LogP contribution is -2.52. The van der Waals surface area contributed by atoms with Gasteiger partial charge in [0.1, 0.15) is 11.7 Å². The summed E-state index contributed by atoms with van der Waals surface area (Å²) in [5, 5.41) is 11.1. The highest BCUT2D eigenvalue weighted by Crippen LogP contribution is 2.36. The standard InChI is InChI=1S/C23H20N6O3/c30-20-9-8-19(22(31)25-20)28-11-16-14(4-1-5-15(16)23(28)32)17-12-29(27-26-17)18-7-6-13-3-2-10-24-21(13)18/h1-5,10,12,18-19H,6-9,11H2,(H,25,30,31). The summed E-state index contributed by atoms with van der Waals surface area (Å²) in [4.78, 5) is 43.0. The lowest BCUT2D eigenvalue weighted by molar-refractivity contribution is -0.136. The van der Waals surface area contributed by atoms with Gasteiger partial charge in [0, 0.05) is 30.3 Å². The zero-order valence-electron chi connectivity index (χ0n) is 17.2. The van der Waals surface area contributed by atoms with E-state index in [1.165, 1.54) is 5.56 Å². The van der Waals surface area contributed by atoms with Gasteiger partial charge in [-0.05, 0) is 42.5 Å². The zero-order chi connectivity index (χ0) is 21.8. The highest BCUT2D eigenvalue weighted by Gasteiger charge is 2.40. The summed E-state index contributed by atoms with van der Waals surface area (Å²) in [5.74, 6) is -0.907. The van der Waals surface area contributed by atoms with Crippen LogP contribution in [0.5, 0.6) is 0 Å². The van der Waals surface area contributed by atoms with Gasteiger partial charge in [0.25, 0.3) is 5.91 Å². The monoisotopic (exact) mass is 428 g/mol. The molecule has 1 N–H and O–H groups in total. The topological polar surface area (TPSA) is 110 Å². The van der Waals surface area contributed by atoms with Crippen LogP contribution >= 0.6 is 0 Å². The fourth-order valence-corrected chi connectivity index (χ4v) is 5.03. The number of benzene rings is 1. The molecule has 0 spiro atoms. The van der Waals surface area contributed by atoms with Gasteiger partial charge in [-0.1, -0.05) is 23.4 Å². The Bertz CT molecular complexity index is 1280. The Labute approximate surface area is 183 Å². The Kier molecular flexibility index (Phi) is 4.17. The van der Waals surface area contributed by atoms with Gasteiger partial charge in [0.05, 0.1) is 17.9 Å². The summed E-state index contributed by atoms with van der Waals surface area (Å²) >= 11 is 0. The number of aryl methyl sites for hydroxylation is 1. The van der Waals surface area contributed by atoms with E-state index in [2.05, 4.69) is 26.7 Å². The van der Waals surface area contributed by atoms with Crippen LogP contribution in [0.3, 0.4) is 0 Å². The molecule has 9 heteroatoms. The van der Waals surface area contributed by atoms with E-state index in [4.69, 9.17) is 0 Å². The average molecular weight is 428 g/mol. The first-order valence-corrected chi connectivity index (χ1v) is 10.7. The van der Waals surface area contributed by atoms with Crippen LogP contribution in [0, 0.1) is 0 Å². The molecule has 3 amide bonds. The van der Waals surface area contributed by atoms with Crippen LogP contribution in [0.15, 0.2) is 42.7 Å². The first kappa shape index (κ1) is 18.9. The second-order valence-corrected chi connectivity index (χ2v) is 8.42. The molecular formula is C23H20N6O3. The Hall–Kier alpha value is -3.88. The minimum absolute atomic E-state index is 0.0470. The van der Waals surface area contributed by atoms with Crippen LogP contribution in [-0.4, -0.2) is 48.6 Å². The Morgan fingerprint density at radius 2 is 1.81 bits per heavy atom. The summed E-state index contributed by atoms with van der Waals surface area (Å²) in [6.07, 6.45) is 6.15. The van der Waals surface area contributed by atoms with E-state index in [1.807, 2.05) is 29.1 Å². The maximum Gasteiger partial charge on any atom is 0.255 e. The molecule has 1 aliphatic carbocycles. The second-order valence-electron chi connectivity index (χ2n) is 8.42. The summed E-state index contributed by atoms with van der Waals surface area (Å²) in [6, 6.07) is 8.98. The molecular weight excluding hydrogens is 408 g/mol. The predicted octanol–water partition coefficient (Wildman–Crippen LogP) is 1.64. The molecule has 3 aromatic rings. The molecule has 2 atom stereocenters. The molecule has 2 aliphatic heterocycles. The quantitative estimate of drug-likeness (QED) is 0.635. The van der Waals surface area contributed by atoms with Crippen LogP contribution in [0.4, 0.5) is 0 Å². The molecule has 9 nitrogen and oxygen atoms in total. The van der Waals surface area contributed by atoms with Gasteiger partial charge in [-0.25, -0.2) is 4.68 Å². The molecule has 2 aromatic heterocycles. The highest BCUT2D eigenvalue weighted by atomic mass is 16.2. The van der Waals surface area contributed by atoms with E-state index >= 15 is 0 Å². The molecule has 32 heavy (non-hydrogen) atoms. The van der Waals surface area contributed by atoms with E-state index in [9.17, 15) is 14.4 Å². The third-order valence-corrected chi connectivity index (χ3v) is 6.62. The first-order valence-electron chi connectivity index (χ1n) is 10.7. The minimum Gasteiger partial charge on any atom is -0.322 e. The number of hydrogen-bond acceptors (Lipinski definition) is 6. The van der Waals surface area contributed by atoms with Crippen molar-refractivity contribution in [2.45, 2.75) is 44.3 Å². The molecule has 1 aromatic carbocycles. The van der Waals surface area contributed by atoms with Crippen molar-refractivity contribution >= 4 is 17.7 Å². The van der Waals surface area contributed by atoms with Crippen molar-refractivity contribution in [3.05, 3.63) is 65.1 Å². The van der Waals surface area contributed by atoms with Crippen LogP contribution in [0.2, 0.25) is 0 Å². The lowest BCUT2D eigenvalue weighted by atomic mass is 10.0. The molecule has 1 fully saturated rings. The molecule has 3 aliphatic rings. The van der Waals surface area contributed by atoms with Crippen molar-refractivity contribution in [2.75, 3.05) is 0 Å². The maximum atomic E-state index is 13.1. The van der Waals surface area contributed by atoms with Crippen LogP contribution in [0.1, 0.15) is 52.5 Å². The average Bonchev–Trinajstić information content (AvgIpc) is 3.51. The smallest absolute Gasteiger partial charge is 0.255 e. The van der Waals surface area contributed by atoms with Gasteiger partial charge in [0.15, 0.2) is 0 Å². The number of imide groups is 1. The van der Waals surface area contributed by atoms with E-state index < -0.39 is 11.9 Å². The van der Waals surface area contributed by atoms with Crippen LogP contribution in [0.25, 0.3) is 11.3 Å². The van der Waals surface area contributed by atoms with E-state index in [0.29, 0.717) is 24.2 Å². The van der Waals surface area contributed by atoms with Gasteiger partial charge in [0.2, 0.25) is 11.8 Å². The normalized spacial score (nSPS) is 22.1. The van der Waals surface area contributed by atoms with Gasteiger partial charge >= 0.3 is 0 Å². The number of piperidine rings is 1. The van der Waals surface area contributed by atoms with Gasteiger partial charge < -0.3 is 4.90 Å². The van der Waals surface area contributed by atoms with Crippen LogP contribution in [-0.2, 0) is 22.6 Å². The molecule has 0 saturated carbocycles. The number of carbonyl (C=O) groups excluding carboxylic acids is 3. The fraction of sp³-hybridized carbons (Fsp3) is 0.304. The SMILES string of the molecule is O=C1CCC(N2Cc3c(cccc3-c3cn(C4CCc5cccnc54)nn3)C2=O)C(=O)N1. The molecule has 0 radical (unpaired) electrons. The highest BCUT2D eigenvalue weighted by molar-refractivity contribution is 6.06. The van der Waals surface area contributed by atoms with Gasteiger partial charge in [-0.15, -0.1) is 5.10 Å². The molecule has 160 valence electrons. The maximum absolute atomic E-state index is 13.1. The van der Waals surface area contributed by atoms with Crippen molar-refractivity contribution in [2.24, 2.45) is 0 Å². The Morgan fingerprint density at radius 3 is 2.69 bits per heavy atom. The number of aromatic nitrogens is 4. The summed E-state index contributed by atoms with van der Waals surface area (Å²) in [6.45, 7) is 0.303. The number of carbonyl (C=O) groups is 3.